The molecule has 31 heavy (non-hydrogen) atoms. The zero-order chi connectivity index (χ0) is 22.6. The van der Waals surface area contributed by atoms with Gasteiger partial charge in [-0.15, -0.1) is 23.2 Å². The van der Waals surface area contributed by atoms with Gasteiger partial charge in [0.05, 0.1) is 16.7 Å². The van der Waals surface area contributed by atoms with Crippen molar-refractivity contribution in [2.75, 3.05) is 20.8 Å². The van der Waals surface area contributed by atoms with Crippen LogP contribution in [0.1, 0.15) is 17.5 Å². The molecule has 3 rings (SSSR count). The van der Waals surface area contributed by atoms with Crippen LogP contribution >= 0.6 is 46.4 Å². The first-order valence-corrected chi connectivity index (χ1v) is 10.8. The summed E-state index contributed by atoms with van der Waals surface area (Å²) in [5, 5.41) is 6.99. The molecule has 2 aromatic carbocycles. The molecule has 0 heterocycles. The minimum Gasteiger partial charge on any atom is -0.490 e. The van der Waals surface area contributed by atoms with Crippen molar-refractivity contribution in [1.82, 2.24) is 5.32 Å². The van der Waals surface area contributed by atoms with E-state index in [1.54, 1.807) is 24.3 Å². The Labute approximate surface area is 200 Å². The fourth-order valence-corrected chi connectivity index (χ4v) is 3.93. The van der Waals surface area contributed by atoms with Gasteiger partial charge in [-0.3, -0.25) is 4.79 Å². The van der Waals surface area contributed by atoms with E-state index in [0.29, 0.717) is 40.1 Å². The Morgan fingerprint density at radius 2 is 1.84 bits per heavy atom. The molecule has 0 aliphatic heterocycles. The largest absolute Gasteiger partial charge is 0.490 e. The normalized spacial score (nSPS) is 17.1. The third-order valence-electron chi connectivity index (χ3n) is 4.65. The first-order chi connectivity index (χ1) is 14.8. The maximum Gasteiger partial charge on any atom is 0.273 e. The molecule has 0 saturated heterocycles. The molecule has 1 aliphatic carbocycles. The van der Waals surface area contributed by atoms with Crippen LogP contribution in [0, 0.1) is 5.92 Å². The van der Waals surface area contributed by atoms with E-state index in [1.807, 2.05) is 12.1 Å². The van der Waals surface area contributed by atoms with Gasteiger partial charge in [-0.25, -0.2) is 0 Å². The number of hydrogen-bond acceptors (Lipinski definition) is 5. The second-order valence-electron chi connectivity index (χ2n) is 6.84. The van der Waals surface area contributed by atoms with Gasteiger partial charge in [0, 0.05) is 30.7 Å². The molecule has 10 heteroatoms. The molecule has 0 bridgehead atoms. The van der Waals surface area contributed by atoms with Crippen molar-refractivity contribution in [2.45, 2.75) is 17.4 Å². The number of nitrogens with zero attached hydrogens (tertiary/aromatic N) is 1. The van der Waals surface area contributed by atoms with Crippen molar-refractivity contribution >= 4 is 58.0 Å². The maximum atomic E-state index is 12.2. The molecule has 2 aromatic rings. The molecular formula is C21H20Cl4N2O4. The number of oxime groups is 1. The highest BCUT2D eigenvalue weighted by Crippen LogP contribution is 2.53. The molecule has 0 radical (unpaired) electrons. The summed E-state index contributed by atoms with van der Waals surface area (Å²) in [6.45, 7) is 0.465. The van der Waals surface area contributed by atoms with Gasteiger partial charge in [-0.2, -0.15) is 0 Å². The standard InChI is InChI=1S/C21H20Cl4N2O4/c1-26-20(28)18(27-29-2)15-6-4-3-5-12(15)10-30-14-7-16(22)19(17(23)8-14)31-11-13-9-21(13,24)25/h3-8,13H,9-11H2,1-2H3,(H,26,28). The highest BCUT2D eigenvalue weighted by molar-refractivity contribution is 6.50. The van der Waals surface area contributed by atoms with Crippen molar-refractivity contribution < 1.29 is 19.1 Å². The third-order valence-corrected chi connectivity index (χ3v) is 6.14. The van der Waals surface area contributed by atoms with Crippen LogP contribution in [0.5, 0.6) is 11.5 Å². The molecule has 1 saturated carbocycles. The number of nitrogens with one attached hydrogen (secondary N) is 1. The van der Waals surface area contributed by atoms with E-state index in [4.69, 9.17) is 60.7 Å². The second-order valence-corrected chi connectivity index (χ2v) is 9.19. The molecule has 6 nitrogen and oxygen atoms in total. The summed E-state index contributed by atoms with van der Waals surface area (Å²) >= 11 is 24.7. The minimum absolute atomic E-state index is 0.0404. The van der Waals surface area contributed by atoms with Gasteiger partial charge >= 0.3 is 0 Å². The number of alkyl halides is 2. The minimum atomic E-state index is -0.741. The SMILES string of the molecule is CNC(=O)C(=NOC)c1ccccc1COc1cc(Cl)c(OCC2CC2(Cl)Cl)c(Cl)c1. The number of likely N-dealkylation sites (N-methyl/N-ethyl adjacent to an activating group) is 1. The lowest BCUT2D eigenvalue weighted by molar-refractivity contribution is -0.114. The van der Waals surface area contributed by atoms with Crippen molar-refractivity contribution in [2.24, 2.45) is 11.1 Å². The Balaban J connectivity index is 1.73. The molecule has 166 valence electrons. The molecular weight excluding hydrogens is 486 g/mol. The van der Waals surface area contributed by atoms with Crippen LogP contribution in [0.15, 0.2) is 41.6 Å². The number of rotatable bonds is 9. The second kappa shape index (κ2) is 10.2. The van der Waals surface area contributed by atoms with E-state index in [2.05, 4.69) is 10.5 Å². The Morgan fingerprint density at radius 3 is 2.42 bits per heavy atom. The molecule has 1 amide bonds. The molecule has 1 N–H and O–H groups in total. The predicted octanol–water partition coefficient (Wildman–Crippen LogP) is 5.24. The lowest BCUT2D eigenvalue weighted by atomic mass is 10.0. The average molecular weight is 506 g/mol. The van der Waals surface area contributed by atoms with Crippen LogP contribution in [-0.2, 0) is 16.2 Å². The summed E-state index contributed by atoms with van der Waals surface area (Å²) in [6, 6.07) is 10.4. The van der Waals surface area contributed by atoms with Crippen LogP contribution in [0.3, 0.4) is 0 Å². The maximum absolute atomic E-state index is 12.2. The summed E-state index contributed by atoms with van der Waals surface area (Å²) in [7, 11) is 2.89. The topological polar surface area (TPSA) is 69.2 Å². The quantitative estimate of drug-likeness (QED) is 0.287. The third kappa shape index (κ3) is 5.89. The van der Waals surface area contributed by atoms with Crippen molar-refractivity contribution in [3.05, 3.63) is 57.6 Å². The van der Waals surface area contributed by atoms with Crippen molar-refractivity contribution in [3.63, 3.8) is 0 Å². The fourth-order valence-electron chi connectivity index (χ4n) is 2.85. The van der Waals surface area contributed by atoms with E-state index in [-0.39, 0.29) is 24.1 Å². The first-order valence-electron chi connectivity index (χ1n) is 9.30. The molecule has 0 spiro atoms. The number of carbonyl (C=O) groups excluding carboxylic acids is 1. The fraction of sp³-hybridized carbons (Fsp3) is 0.333. The smallest absolute Gasteiger partial charge is 0.273 e. The van der Waals surface area contributed by atoms with Crippen LogP contribution in [-0.4, -0.2) is 36.7 Å². The van der Waals surface area contributed by atoms with Crippen molar-refractivity contribution in [3.8, 4) is 11.5 Å². The summed E-state index contributed by atoms with van der Waals surface area (Å²) in [5.41, 5.74) is 1.44. The monoisotopic (exact) mass is 504 g/mol. The Morgan fingerprint density at radius 1 is 1.19 bits per heavy atom. The van der Waals surface area contributed by atoms with Crippen LogP contribution in [0.25, 0.3) is 0 Å². The number of ether oxygens (including phenoxy) is 2. The summed E-state index contributed by atoms with van der Waals surface area (Å²) < 4.78 is 10.8. The van der Waals surface area contributed by atoms with Crippen molar-refractivity contribution in [1.29, 1.82) is 0 Å². The lowest BCUT2D eigenvalue weighted by Crippen LogP contribution is -2.29. The van der Waals surface area contributed by atoms with E-state index < -0.39 is 4.33 Å². The van der Waals surface area contributed by atoms with E-state index in [1.165, 1.54) is 14.2 Å². The number of carbonyl (C=O) groups is 1. The van der Waals surface area contributed by atoms with Gasteiger partial charge in [-0.1, -0.05) is 52.6 Å². The molecule has 1 fully saturated rings. The molecule has 1 atom stereocenters. The summed E-state index contributed by atoms with van der Waals surface area (Å²) in [6.07, 6.45) is 0.663. The summed E-state index contributed by atoms with van der Waals surface area (Å²) in [5.74, 6) is 0.452. The first kappa shape index (κ1) is 23.8. The molecule has 0 aromatic heterocycles. The zero-order valence-electron chi connectivity index (χ0n) is 16.8. The van der Waals surface area contributed by atoms with E-state index in [0.717, 1.165) is 5.56 Å². The van der Waals surface area contributed by atoms with Gasteiger partial charge in [0.15, 0.2) is 11.5 Å². The average Bonchev–Trinajstić information content (AvgIpc) is 3.36. The Hall–Kier alpha value is -1.86. The summed E-state index contributed by atoms with van der Waals surface area (Å²) in [4.78, 5) is 17.0. The van der Waals surface area contributed by atoms with E-state index in [9.17, 15) is 4.79 Å². The zero-order valence-corrected chi connectivity index (χ0v) is 19.8. The number of hydrogen-bond donors (Lipinski definition) is 1. The van der Waals surface area contributed by atoms with Gasteiger partial charge in [0.2, 0.25) is 0 Å². The highest BCUT2D eigenvalue weighted by Gasteiger charge is 2.52. The van der Waals surface area contributed by atoms with Gasteiger partial charge in [0.1, 0.15) is 23.8 Å². The number of halogens is 4. The number of amides is 1. The number of benzene rings is 2. The van der Waals surface area contributed by atoms with Crippen LogP contribution in [0.4, 0.5) is 0 Å². The predicted molar refractivity (Wildman–Crippen MR) is 123 cm³/mol. The van der Waals surface area contributed by atoms with Gasteiger partial charge < -0.3 is 19.6 Å². The van der Waals surface area contributed by atoms with Gasteiger partial charge in [0.25, 0.3) is 5.91 Å². The molecule has 1 unspecified atom stereocenters. The van der Waals surface area contributed by atoms with E-state index >= 15 is 0 Å². The lowest BCUT2D eigenvalue weighted by Gasteiger charge is -2.14. The Kier molecular flexibility index (Phi) is 7.81. The van der Waals surface area contributed by atoms with Crippen LogP contribution < -0.4 is 14.8 Å². The molecule has 1 aliphatic rings. The Bertz CT molecular complexity index is 974. The van der Waals surface area contributed by atoms with Gasteiger partial charge in [-0.05, 0) is 12.0 Å². The van der Waals surface area contributed by atoms with Crippen LogP contribution in [0.2, 0.25) is 10.0 Å². The highest BCUT2D eigenvalue weighted by atomic mass is 35.5.